The molecule has 3 aromatic rings. The van der Waals surface area contributed by atoms with Crippen molar-refractivity contribution < 1.29 is 13.2 Å². The third-order valence-electron chi connectivity index (χ3n) is 3.58. The molecule has 0 aliphatic rings. The molecule has 0 bridgehead atoms. The fraction of sp³-hybridized carbons (Fsp3) is 0.125. The van der Waals surface area contributed by atoms with Crippen LogP contribution in [0.15, 0.2) is 47.4 Å². The lowest BCUT2D eigenvalue weighted by Gasteiger charge is -2.07. The molecule has 0 radical (unpaired) electrons. The minimum Gasteiger partial charge on any atom is -0.369 e. The van der Waals surface area contributed by atoms with Crippen molar-refractivity contribution in [2.75, 3.05) is 12.0 Å². The fourth-order valence-electron chi connectivity index (χ4n) is 2.37. The van der Waals surface area contributed by atoms with Crippen molar-refractivity contribution in [3.05, 3.63) is 53.6 Å². The fourth-order valence-corrected chi connectivity index (χ4v) is 3.00. The minimum absolute atomic E-state index is 0.245. The highest BCUT2D eigenvalue weighted by molar-refractivity contribution is 7.90. The summed E-state index contributed by atoms with van der Waals surface area (Å²) in [5.74, 6) is -0.0269. The van der Waals surface area contributed by atoms with Crippen molar-refractivity contribution in [3.8, 4) is 0 Å². The number of nitrogen functional groups attached to an aromatic ring is 1. The molecule has 124 valence electrons. The van der Waals surface area contributed by atoms with Gasteiger partial charge in [-0.15, -0.1) is 0 Å². The van der Waals surface area contributed by atoms with E-state index in [9.17, 15) is 13.2 Å². The molecule has 2 aromatic carbocycles. The van der Waals surface area contributed by atoms with E-state index in [2.05, 4.69) is 15.3 Å². The number of aromatic nitrogens is 2. The molecule has 24 heavy (non-hydrogen) atoms. The predicted molar refractivity (Wildman–Crippen MR) is 91.2 cm³/mol. The average Bonchev–Trinajstić information content (AvgIpc) is 2.92. The van der Waals surface area contributed by atoms with Crippen LogP contribution in [-0.4, -0.2) is 30.5 Å². The molecule has 3 rings (SSSR count). The molecule has 8 heteroatoms. The van der Waals surface area contributed by atoms with E-state index in [0.717, 1.165) is 11.8 Å². The van der Waals surface area contributed by atoms with E-state index >= 15 is 0 Å². The topological polar surface area (TPSA) is 118 Å². The van der Waals surface area contributed by atoms with E-state index in [-0.39, 0.29) is 23.3 Å². The number of H-pyrrole nitrogens is 1. The first kappa shape index (κ1) is 16.0. The third-order valence-corrected chi connectivity index (χ3v) is 4.71. The van der Waals surface area contributed by atoms with Crippen LogP contribution in [0.3, 0.4) is 0 Å². The van der Waals surface area contributed by atoms with E-state index in [1.54, 1.807) is 30.3 Å². The number of sulfone groups is 1. The number of benzene rings is 2. The largest absolute Gasteiger partial charge is 0.369 e. The normalized spacial score (nSPS) is 11.5. The van der Waals surface area contributed by atoms with Gasteiger partial charge in [0.15, 0.2) is 15.8 Å². The highest BCUT2D eigenvalue weighted by Gasteiger charge is 2.13. The highest BCUT2D eigenvalue weighted by atomic mass is 32.2. The second-order valence-corrected chi connectivity index (χ2v) is 7.44. The zero-order valence-corrected chi connectivity index (χ0v) is 13.7. The van der Waals surface area contributed by atoms with Crippen LogP contribution in [0.4, 0.5) is 5.95 Å². The number of anilines is 1. The Morgan fingerprint density at radius 2 is 1.92 bits per heavy atom. The zero-order valence-electron chi connectivity index (χ0n) is 12.9. The molecule has 0 spiro atoms. The van der Waals surface area contributed by atoms with Gasteiger partial charge in [0.2, 0.25) is 0 Å². The van der Waals surface area contributed by atoms with Crippen molar-refractivity contribution in [1.82, 2.24) is 15.3 Å². The van der Waals surface area contributed by atoms with Crippen LogP contribution < -0.4 is 11.1 Å². The number of hydrogen-bond donors (Lipinski definition) is 3. The number of carbonyl (C=O) groups excluding carboxylic acids is 1. The number of carbonyl (C=O) groups is 1. The van der Waals surface area contributed by atoms with Crippen molar-refractivity contribution in [3.63, 3.8) is 0 Å². The lowest BCUT2D eigenvalue weighted by Crippen LogP contribution is -2.23. The maximum atomic E-state index is 12.4. The number of nitrogens with zero attached hydrogens (tertiary/aromatic N) is 1. The van der Waals surface area contributed by atoms with Crippen molar-refractivity contribution in [2.45, 2.75) is 11.4 Å². The molecule has 4 N–H and O–H groups in total. The predicted octanol–water partition coefficient (Wildman–Crippen LogP) is 1.48. The number of rotatable bonds is 4. The Labute approximate surface area is 138 Å². The number of nitrogens with two attached hydrogens (primary N) is 1. The lowest BCUT2D eigenvalue weighted by atomic mass is 10.1. The Bertz CT molecular complexity index is 1010. The summed E-state index contributed by atoms with van der Waals surface area (Å²) in [6.45, 7) is 0.277. The van der Waals surface area contributed by atoms with Gasteiger partial charge in [-0.05, 0) is 29.8 Å². The molecule has 0 aliphatic heterocycles. The first-order valence-electron chi connectivity index (χ1n) is 7.16. The number of aromatic amines is 1. The maximum absolute atomic E-state index is 12.4. The molecule has 1 amide bonds. The summed E-state index contributed by atoms with van der Waals surface area (Å²) in [7, 11) is -3.23. The SMILES string of the molecule is CS(=O)(=O)c1ccc(CNC(=O)c2cccc3[nH]c(N)nc23)cc1. The van der Waals surface area contributed by atoms with Gasteiger partial charge >= 0.3 is 0 Å². The molecular weight excluding hydrogens is 328 g/mol. The molecule has 1 aromatic heterocycles. The van der Waals surface area contributed by atoms with E-state index in [4.69, 9.17) is 5.73 Å². The van der Waals surface area contributed by atoms with Crippen LogP contribution in [0.25, 0.3) is 11.0 Å². The van der Waals surface area contributed by atoms with Gasteiger partial charge in [-0.25, -0.2) is 13.4 Å². The van der Waals surface area contributed by atoms with Crippen LogP contribution in [0.2, 0.25) is 0 Å². The van der Waals surface area contributed by atoms with Gasteiger partial charge in [-0.2, -0.15) is 0 Å². The number of hydrogen-bond acceptors (Lipinski definition) is 5. The Kier molecular flexibility index (Phi) is 3.98. The zero-order chi connectivity index (χ0) is 17.3. The number of amides is 1. The summed E-state index contributed by atoms with van der Waals surface area (Å²) >= 11 is 0. The van der Waals surface area contributed by atoms with Gasteiger partial charge in [0, 0.05) is 12.8 Å². The van der Waals surface area contributed by atoms with Gasteiger partial charge < -0.3 is 16.0 Å². The van der Waals surface area contributed by atoms with E-state index in [1.807, 2.05) is 0 Å². The van der Waals surface area contributed by atoms with E-state index in [1.165, 1.54) is 12.1 Å². The van der Waals surface area contributed by atoms with Gasteiger partial charge in [0.1, 0.15) is 5.52 Å². The summed E-state index contributed by atoms with van der Waals surface area (Å²) in [5.41, 5.74) is 8.05. The highest BCUT2D eigenvalue weighted by Crippen LogP contribution is 2.17. The van der Waals surface area contributed by atoms with Gasteiger partial charge in [0.25, 0.3) is 5.91 Å². The molecule has 7 nitrogen and oxygen atoms in total. The quantitative estimate of drug-likeness (QED) is 0.662. The molecule has 0 saturated carbocycles. The minimum atomic E-state index is -3.23. The van der Waals surface area contributed by atoms with Crippen molar-refractivity contribution >= 4 is 32.7 Å². The number of fused-ring (bicyclic) bond motifs is 1. The van der Waals surface area contributed by atoms with Crippen molar-refractivity contribution in [2.24, 2.45) is 0 Å². The lowest BCUT2D eigenvalue weighted by molar-refractivity contribution is 0.0952. The van der Waals surface area contributed by atoms with Gasteiger partial charge in [-0.3, -0.25) is 4.79 Å². The first-order chi connectivity index (χ1) is 11.3. The van der Waals surface area contributed by atoms with Crippen LogP contribution in [-0.2, 0) is 16.4 Å². The molecular formula is C16H16N4O3S. The van der Waals surface area contributed by atoms with Crippen molar-refractivity contribution in [1.29, 1.82) is 0 Å². The van der Waals surface area contributed by atoms with E-state index in [0.29, 0.717) is 16.6 Å². The van der Waals surface area contributed by atoms with Crippen LogP contribution in [0.1, 0.15) is 15.9 Å². The summed E-state index contributed by atoms with van der Waals surface area (Å²) < 4.78 is 22.9. The Balaban J connectivity index is 1.75. The summed E-state index contributed by atoms with van der Waals surface area (Å²) in [5, 5.41) is 2.79. The standard InChI is InChI=1S/C16H16N4O3S/c1-24(22,23)11-7-5-10(6-8-11)9-18-15(21)12-3-2-4-13-14(12)20-16(17)19-13/h2-8H,9H2,1H3,(H,18,21)(H3,17,19,20). The Morgan fingerprint density at radius 3 is 2.58 bits per heavy atom. The first-order valence-corrected chi connectivity index (χ1v) is 9.05. The van der Waals surface area contributed by atoms with Crippen LogP contribution in [0, 0.1) is 0 Å². The molecule has 1 heterocycles. The van der Waals surface area contributed by atoms with Crippen LogP contribution in [0.5, 0.6) is 0 Å². The van der Waals surface area contributed by atoms with Gasteiger partial charge in [-0.1, -0.05) is 18.2 Å². The average molecular weight is 344 g/mol. The maximum Gasteiger partial charge on any atom is 0.253 e. The van der Waals surface area contributed by atoms with Crippen LogP contribution >= 0.6 is 0 Å². The van der Waals surface area contributed by atoms with E-state index < -0.39 is 9.84 Å². The number of nitrogens with one attached hydrogen (secondary N) is 2. The molecule has 0 atom stereocenters. The Hall–Kier alpha value is -2.87. The summed E-state index contributed by atoms with van der Waals surface area (Å²) in [4.78, 5) is 19.6. The molecule has 0 fully saturated rings. The molecule has 0 aliphatic carbocycles. The third kappa shape index (κ3) is 3.23. The smallest absolute Gasteiger partial charge is 0.253 e. The molecule has 0 saturated heterocycles. The monoisotopic (exact) mass is 344 g/mol. The second-order valence-electron chi connectivity index (χ2n) is 5.42. The molecule has 0 unspecified atom stereocenters. The second kappa shape index (κ2) is 5.97. The number of para-hydroxylation sites is 1. The van der Waals surface area contributed by atoms with Gasteiger partial charge in [0.05, 0.1) is 16.0 Å². The number of imidazole rings is 1. The summed E-state index contributed by atoms with van der Waals surface area (Å²) in [6.07, 6.45) is 1.15. The Morgan fingerprint density at radius 1 is 1.21 bits per heavy atom. The summed E-state index contributed by atoms with van der Waals surface area (Å²) in [6, 6.07) is 11.6.